The zero-order valence-corrected chi connectivity index (χ0v) is 10.3. The molecule has 3 nitrogen and oxygen atoms in total. The molecule has 94 valence electrons. The molecule has 0 saturated heterocycles. The predicted molar refractivity (Wildman–Crippen MR) is 70.6 cm³/mol. The zero-order valence-electron chi connectivity index (χ0n) is 10.3. The molecule has 0 fully saturated rings. The summed E-state index contributed by atoms with van der Waals surface area (Å²) < 4.78 is 13.6. The molecule has 0 atom stereocenters. The van der Waals surface area contributed by atoms with Gasteiger partial charge in [-0.25, -0.2) is 4.39 Å². The van der Waals surface area contributed by atoms with Crippen LogP contribution >= 0.6 is 0 Å². The average Bonchev–Trinajstić information content (AvgIpc) is 2.39. The number of halogens is 1. The molecule has 4 heteroatoms. The minimum absolute atomic E-state index is 0.215. The lowest BCUT2D eigenvalue weighted by Gasteiger charge is -2.20. The van der Waals surface area contributed by atoms with E-state index in [0.29, 0.717) is 18.8 Å². The van der Waals surface area contributed by atoms with Crippen LogP contribution in [0.5, 0.6) is 0 Å². The van der Waals surface area contributed by atoms with Gasteiger partial charge in [-0.1, -0.05) is 12.1 Å². The Morgan fingerprint density at radius 2 is 2.06 bits per heavy atom. The van der Waals surface area contributed by atoms with Crippen molar-refractivity contribution < 1.29 is 4.39 Å². The van der Waals surface area contributed by atoms with Gasteiger partial charge < -0.3 is 10.6 Å². The molecule has 18 heavy (non-hydrogen) atoms. The van der Waals surface area contributed by atoms with Crippen molar-refractivity contribution in [3.05, 3.63) is 59.7 Å². The smallest absolute Gasteiger partial charge is 0.146 e. The third-order valence-corrected chi connectivity index (χ3v) is 2.77. The summed E-state index contributed by atoms with van der Waals surface area (Å²) in [6, 6.07) is 10.6. The molecule has 0 saturated carbocycles. The highest BCUT2D eigenvalue weighted by atomic mass is 19.1. The molecule has 1 aromatic carbocycles. The second kappa shape index (κ2) is 5.60. The van der Waals surface area contributed by atoms with Crippen LogP contribution in [0.25, 0.3) is 0 Å². The van der Waals surface area contributed by atoms with E-state index in [4.69, 9.17) is 5.73 Å². The van der Waals surface area contributed by atoms with E-state index in [2.05, 4.69) is 4.98 Å². The van der Waals surface area contributed by atoms with E-state index in [1.165, 1.54) is 6.07 Å². The largest absolute Gasteiger partial charge is 0.368 e. The summed E-state index contributed by atoms with van der Waals surface area (Å²) in [6.45, 7) is 1.04. The second-order valence-corrected chi connectivity index (χ2v) is 4.17. The Kier molecular flexibility index (Phi) is 3.89. The molecule has 0 aliphatic heterocycles. The first-order chi connectivity index (χ1) is 8.70. The Bertz CT molecular complexity index is 528. The first kappa shape index (κ1) is 12.5. The van der Waals surface area contributed by atoms with Crippen LogP contribution in [0.15, 0.2) is 42.6 Å². The van der Waals surface area contributed by atoms with Gasteiger partial charge in [0.05, 0.1) is 11.4 Å². The van der Waals surface area contributed by atoms with Gasteiger partial charge in [-0.3, -0.25) is 4.98 Å². The monoisotopic (exact) mass is 245 g/mol. The van der Waals surface area contributed by atoms with Crippen molar-refractivity contribution in [1.82, 2.24) is 4.98 Å². The maximum Gasteiger partial charge on any atom is 0.146 e. The Morgan fingerprint density at radius 1 is 1.28 bits per heavy atom. The first-order valence-corrected chi connectivity index (χ1v) is 5.80. The van der Waals surface area contributed by atoms with E-state index in [1.54, 1.807) is 18.3 Å². The predicted octanol–water partition coefficient (Wildman–Crippen LogP) is 2.32. The fourth-order valence-electron chi connectivity index (χ4n) is 1.86. The quantitative estimate of drug-likeness (QED) is 0.898. The van der Waals surface area contributed by atoms with Crippen LogP contribution < -0.4 is 10.6 Å². The van der Waals surface area contributed by atoms with Gasteiger partial charge in [0, 0.05) is 26.3 Å². The van der Waals surface area contributed by atoms with Crippen LogP contribution in [0.4, 0.5) is 10.1 Å². The van der Waals surface area contributed by atoms with Gasteiger partial charge in [-0.2, -0.15) is 0 Å². The van der Waals surface area contributed by atoms with Crippen molar-refractivity contribution in [2.45, 2.75) is 13.1 Å². The SMILES string of the molecule is CN(Cc1ccnc(CN)c1)c1ccccc1F. The molecule has 2 N–H and O–H groups in total. The molecule has 0 radical (unpaired) electrons. The molecular formula is C14H16FN3. The van der Waals surface area contributed by atoms with Crippen LogP contribution in [-0.4, -0.2) is 12.0 Å². The lowest BCUT2D eigenvalue weighted by Crippen LogP contribution is -2.18. The summed E-state index contributed by atoms with van der Waals surface area (Å²) in [4.78, 5) is 6.00. The molecule has 0 unspecified atom stereocenters. The summed E-state index contributed by atoms with van der Waals surface area (Å²) in [6.07, 6.45) is 1.73. The summed E-state index contributed by atoms with van der Waals surface area (Å²) in [5.41, 5.74) is 8.04. The van der Waals surface area contributed by atoms with Crippen molar-refractivity contribution in [3.8, 4) is 0 Å². The number of hydrogen-bond acceptors (Lipinski definition) is 3. The van der Waals surface area contributed by atoms with Gasteiger partial charge in [0.25, 0.3) is 0 Å². The van der Waals surface area contributed by atoms with Gasteiger partial charge >= 0.3 is 0 Å². The molecule has 1 heterocycles. The van der Waals surface area contributed by atoms with Crippen LogP contribution in [0.2, 0.25) is 0 Å². The summed E-state index contributed by atoms with van der Waals surface area (Å²) >= 11 is 0. The van der Waals surface area contributed by atoms with Crippen molar-refractivity contribution >= 4 is 5.69 Å². The van der Waals surface area contributed by atoms with Gasteiger partial charge in [-0.05, 0) is 29.8 Å². The van der Waals surface area contributed by atoms with Crippen molar-refractivity contribution in [2.75, 3.05) is 11.9 Å². The number of nitrogens with zero attached hydrogens (tertiary/aromatic N) is 2. The lowest BCUT2D eigenvalue weighted by atomic mass is 10.2. The summed E-state index contributed by atoms with van der Waals surface area (Å²) in [5.74, 6) is -0.215. The summed E-state index contributed by atoms with van der Waals surface area (Å²) in [5, 5.41) is 0. The van der Waals surface area contributed by atoms with E-state index < -0.39 is 0 Å². The molecule has 0 amide bonds. The Morgan fingerprint density at radius 3 is 2.78 bits per heavy atom. The Balaban J connectivity index is 2.16. The highest BCUT2D eigenvalue weighted by Gasteiger charge is 2.07. The average molecular weight is 245 g/mol. The van der Waals surface area contributed by atoms with Crippen molar-refractivity contribution in [3.63, 3.8) is 0 Å². The summed E-state index contributed by atoms with van der Waals surface area (Å²) in [7, 11) is 1.86. The van der Waals surface area contributed by atoms with Crippen LogP contribution in [0.3, 0.4) is 0 Å². The maximum absolute atomic E-state index is 13.6. The number of para-hydroxylation sites is 1. The molecule has 0 aliphatic carbocycles. The second-order valence-electron chi connectivity index (χ2n) is 4.17. The third kappa shape index (κ3) is 2.84. The highest BCUT2D eigenvalue weighted by Crippen LogP contribution is 2.19. The number of anilines is 1. The molecule has 1 aromatic heterocycles. The fourth-order valence-corrected chi connectivity index (χ4v) is 1.86. The first-order valence-electron chi connectivity index (χ1n) is 5.80. The standard InChI is InChI=1S/C14H16FN3/c1-18(14-5-3-2-4-13(14)15)10-11-6-7-17-12(8-11)9-16/h2-8H,9-10,16H2,1H3. The van der Waals surface area contributed by atoms with Gasteiger partial charge in [-0.15, -0.1) is 0 Å². The van der Waals surface area contributed by atoms with Crippen LogP contribution in [0, 0.1) is 5.82 Å². The minimum Gasteiger partial charge on any atom is -0.368 e. The normalized spacial score (nSPS) is 10.4. The van der Waals surface area contributed by atoms with Crippen LogP contribution in [-0.2, 0) is 13.1 Å². The van der Waals surface area contributed by atoms with Gasteiger partial charge in [0.15, 0.2) is 0 Å². The van der Waals surface area contributed by atoms with Crippen molar-refractivity contribution in [2.24, 2.45) is 5.73 Å². The highest BCUT2D eigenvalue weighted by molar-refractivity contribution is 5.47. The van der Waals surface area contributed by atoms with E-state index in [0.717, 1.165) is 11.3 Å². The van der Waals surface area contributed by atoms with E-state index in [-0.39, 0.29) is 5.82 Å². The molecule has 2 rings (SSSR count). The number of aromatic nitrogens is 1. The topological polar surface area (TPSA) is 42.2 Å². The van der Waals surface area contributed by atoms with E-state index in [9.17, 15) is 4.39 Å². The number of rotatable bonds is 4. The lowest BCUT2D eigenvalue weighted by molar-refractivity contribution is 0.622. The van der Waals surface area contributed by atoms with E-state index >= 15 is 0 Å². The molecule has 0 aliphatic rings. The fraction of sp³-hybridized carbons (Fsp3) is 0.214. The van der Waals surface area contributed by atoms with Crippen molar-refractivity contribution in [1.29, 1.82) is 0 Å². The van der Waals surface area contributed by atoms with Crippen LogP contribution in [0.1, 0.15) is 11.3 Å². The molecule has 0 spiro atoms. The third-order valence-electron chi connectivity index (χ3n) is 2.77. The zero-order chi connectivity index (χ0) is 13.0. The molecule has 2 aromatic rings. The van der Waals surface area contributed by atoms with E-state index in [1.807, 2.05) is 30.1 Å². The van der Waals surface area contributed by atoms with Gasteiger partial charge in [0.2, 0.25) is 0 Å². The Hall–Kier alpha value is -1.94. The minimum atomic E-state index is -0.215. The molecular weight excluding hydrogens is 229 g/mol. The number of benzene rings is 1. The number of nitrogens with two attached hydrogens (primary N) is 1. The number of hydrogen-bond donors (Lipinski definition) is 1. The molecule has 0 bridgehead atoms. The number of pyridine rings is 1. The van der Waals surface area contributed by atoms with Gasteiger partial charge in [0.1, 0.15) is 5.82 Å². The Labute approximate surface area is 106 Å². The maximum atomic E-state index is 13.6.